The van der Waals surface area contributed by atoms with Gasteiger partial charge in [0.2, 0.25) is 0 Å². The van der Waals surface area contributed by atoms with E-state index in [2.05, 4.69) is 4.74 Å². The summed E-state index contributed by atoms with van der Waals surface area (Å²) in [4.78, 5) is 22.3. The highest BCUT2D eigenvalue weighted by molar-refractivity contribution is 5.86. The van der Waals surface area contributed by atoms with Crippen molar-refractivity contribution in [2.45, 2.75) is 26.2 Å². The quantitative estimate of drug-likeness (QED) is 0.559. The number of benzene rings is 1. The molecular formula is C12H14O3. The molecule has 0 saturated carbocycles. The zero-order valence-electron chi connectivity index (χ0n) is 8.73. The molecule has 0 atom stereocenters. The molecule has 0 aliphatic rings. The molecule has 0 aliphatic heterocycles. The van der Waals surface area contributed by atoms with Crippen LogP contribution < -0.4 is 0 Å². The van der Waals surface area contributed by atoms with E-state index >= 15 is 0 Å². The van der Waals surface area contributed by atoms with Crippen LogP contribution in [0.4, 0.5) is 0 Å². The Morgan fingerprint density at radius 3 is 2.40 bits per heavy atom. The fourth-order valence-corrected chi connectivity index (χ4v) is 1.18. The van der Waals surface area contributed by atoms with Crippen LogP contribution in [0.2, 0.25) is 0 Å². The molecule has 1 aromatic rings. The van der Waals surface area contributed by atoms with Crippen LogP contribution in [-0.2, 0) is 20.7 Å². The first kappa shape index (κ1) is 11.4. The van der Waals surface area contributed by atoms with Gasteiger partial charge in [-0.15, -0.1) is 0 Å². The van der Waals surface area contributed by atoms with Gasteiger partial charge in [0.25, 0.3) is 0 Å². The van der Waals surface area contributed by atoms with Crippen molar-refractivity contribution in [1.82, 2.24) is 0 Å². The summed E-state index contributed by atoms with van der Waals surface area (Å²) >= 11 is 0. The molecule has 3 nitrogen and oxygen atoms in total. The molecule has 0 saturated heterocycles. The summed E-state index contributed by atoms with van der Waals surface area (Å²) < 4.78 is 4.62. The van der Waals surface area contributed by atoms with E-state index in [0.29, 0.717) is 12.8 Å². The first-order chi connectivity index (χ1) is 7.22. The maximum Gasteiger partial charge on any atom is 0.317 e. The van der Waals surface area contributed by atoms with Crippen molar-refractivity contribution in [3.63, 3.8) is 0 Å². The predicted octanol–water partition coefficient (Wildman–Crippen LogP) is 2.10. The highest BCUT2D eigenvalue weighted by Gasteiger charge is 2.09. The van der Waals surface area contributed by atoms with Crippen LogP contribution in [0.25, 0.3) is 0 Å². The van der Waals surface area contributed by atoms with Gasteiger partial charge >= 0.3 is 11.9 Å². The van der Waals surface area contributed by atoms with E-state index in [-0.39, 0.29) is 6.42 Å². The summed E-state index contributed by atoms with van der Waals surface area (Å²) in [6.45, 7) is 1.86. The van der Waals surface area contributed by atoms with Crippen LogP contribution in [0.3, 0.4) is 0 Å². The van der Waals surface area contributed by atoms with Crippen LogP contribution in [0.5, 0.6) is 0 Å². The van der Waals surface area contributed by atoms with Gasteiger partial charge in [-0.3, -0.25) is 9.59 Å². The molecule has 0 amide bonds. The van der Waals surface area contributed by atoms with Crippen molar-refractivity contribution in [2.24, 2.45) is 0 Å². The number of carbonyl (C=O) groups is 2. The molecule has 0 fully saturated rings. The Morgan fingerprint density at radius 2 is 1.80 bits per heavy atom. The molecule has 15 heavy (non-hydrogen) atoms. The Balaban J connectivity index is 2.40. The summed E-state index contributed by atoms with van der Waals surface area (Å²) in [6.07, 6.45) is 1.13. The first-order valence-electron chi connectivity index (χ1n) is 4.99. The topological polar surface area (TPSA) is 43.4 Å². The van der Waals surface area contributed by atoms with Gasteiger partial charge in [-0.25, -0.2) is 0 Å². The Morgan fingerprint density at radius 1 is 1.13 bits per heavy atom. The van der Waals surface area contributed by atoms with E-state index < -0.39 is 11.9 Å². The Bertz CT molecular complexity index is 330. The molecule has 0 N–H and O–H groups in total. The zero-order chi connectivity index (χ0) is 11.1. The second kappa shape index (κ2) is 5.96. The summed E-state index contributed by atoms with van der Waals surface area (Å²) in [5, 5.41) is 0. The molecule has 0 radical (unpaired) electrons. The molecule has 3 heteroatoms. The number of rotatable bonds is 4. The van der Waals surface area contributed by atoms with E-state index in [0.717, 1.165) is 5.56 Å². The molecule has 0 bridgehead atoms. The number of carbonyl (C=O) groups excluding carboxylic acids is 2. The molecule has 80 valence electrons. The van der Waals surface area contributed by atoms with Crippen molar-refractivity contribution in [1.29, 1.82) is 0 Å². The van der Waals surface area contributed by atoms with Crippen molar-refractivity contribution >= 4 is 11.9 Å². The van der Waals surface area contributed by atoms with Crippen LogP contribution in [0, 0.1) is 0 Å². The molecule has 1 rings (SSSR count). The van der Waals surface area contributed by atoms with Gasteiger partial charge in [0.15, 0.2) is 0 Å². The molecule has 1 aromatic carbocycles. The van der Waals surface area contributed by atoms with Crippen LogP contribution in [0.1, 0.15) is 25.3 Å². The van der Waals surface area contributed by atoms with Gasteiger partial charge in [-0.2, -0.15) is 0 Å². The van der Waals surface area contributed by atoms with Crippen molar-refractivity contribution in [3.05, 3.63) is 35.9 Å². The lowest BCUT2D eigenvalue weighted by Gasteiger charge is -2.01. The average molecular weight is 206 g/mol. The third kappa shape index (κ3) is 4.40. The number of ether oxygens (including phenoxy) is 1. The normalized spacial score (nSPS) is 9.67. The minimum Gasteiger partial charge on any atom is -0.393 e. The van der Waals surface area contributed by atoms with Crippen molar-refractivity contribution < 1.29 is 14.3 Å². The van der Waals surface area contributed by atoms with Crippen LogP contribution in [-0.4, -0.2) is 11.9 Å². The smallest absolute Gasteiger partial charge is 0.317 e. The molecule has 0 unspecified atom stereocenters. The largest absolute Gasteiger partial charge is 0.393 e. The van der Waals surface area contributed by atoms with Gasteiger partial charge in [-0.1, -0.05) is 37.3 Å². The Hall–Kier alpha value is -1.64. The fourth-order valence-electron chi connectivity index (χ4n) is 1.18. The van der Waals surface area contributed by atoms with E-state index in [9.17, 15) is 9.59 Å². The number of esters is 2. The first-order valence-corrected chi connectivity index (χ1v) is 4.99. The minimum atomic E-state index is -0.486. The van der Waals surface area contributed by atoms with E-state index in [1.54, 1.807) is 0 Å². The van der Waals surface area contributed by atoms with Gasteiger partial charge in [0.1, 0.15) is 0 Å². The summed E-state index contributed by atoms with van der Waals surface area (Å²) in [7, 11) is 0. The molecule has 0 spiro atoms. The van der Waals surface area contributed by atoms with Crippen LogP contribution in [0.15, 0.2) is 30.3 Å². The second-order valence-electron chi connectivity index (χ2n) is 3.26. The third-order valence-corrected chi connectivity index (χ3v) is 1.87. The summed E-state index contributed by atoms with van der Waals surface area (Å²) in [6, 6.07) is 9.21. The predicted molar refractivity (Wildman–Crippen MR) is 56.2 cm³/mol. The van der Waals surface area contributed by atoms with Gasteiger partial charge in [-0.05, 0) is 12.0 Å². The highest BCUT2D eigenvalue weighted by atomic mass is 16.6. The SMILES string of the molecule is CCCC(=O)OC(=O)Cc1ccccc1. The van der Waals surface area contributed by atoms with Gasteiger partial charge in [0, 0.05) is 6.42 Å². The maximum atomic E-state index is 11.3. The summed E-state index contributed by atoms with van der Waals surface area (Å²) in [5.41, 5.74) is 0.854. The number of hydrogen-bond donors (Lipinski definition) is 0. The fraction of sp³-hybridized carbons (Fsp3) is 0.333. The average Bonchev–Trinajstić information content (AvgIpc) is 2.19. The van der Waals surface area contributed by atoms with E-state index in [1.165, 1.54) is 0 Å². The van der Waals surface area contributed by atoms with Gasteiger partial charge < -0.3 is 4.74 Å². The molecule has 0 aliphatic carbocycles. The molecule has 0 aromatic heterocycles. The lowest BCUT2D eigenvalue weighted by Crippen LogP contribution is -2.13. The second-order valence-corrected chi connectivity index (χ2v) is 3.26. The lowest BCUT2D eigenvalue weighted by molar-refractivity contribution is -0.159. The van der Waals surface area contributed by atoms with E-state index in [4.69, 9.17) is 0 Å². The lowest BCUT2D eigenvalue weighted by atomic mass is 10.2. The van der Waals surface area contributed by atoms with Crippen molar-refractivity contribution in [3.8, 4) is 0 Å². The standard InChI is InChI=1S/C12H14O3/c1-2-6-11(13)15-12(14)9-10-7-4-3-5-8-10/h3-5,7-8H,2,6,9H2,1H3. The molecular weight excluding hydrogens is 192 g/mol. The minimum absolute atomic E-state index is 0.149. The maximum absolute atomic E-state index is 11.3. The van der Waals surface area contributed by atoms with E-state index in [1.807, 2.05) is 37.3 Å². The number of hydrogen-bond acceptors (Lipinski definition) is 3. The molecule has 0 heterocycles. The highest BCUT2D eigenvalue weighted by Crippen LogP contribution is 2.01. The van der Waals surface area contributed by atoms with Gasteiger partial charge in [0.05, 0.1) is 6.42 Å². The monoisotopic (exact) mass is 206 g/mol. The zero-order valence-corrected chi connectivity index (χ0v) is 8.73. The Kier molecular flexibility index (Phi) is 4.54. The summed E-state index contributed by atoms with van der Waals surface area (Å²) in [5.74, 6) is -0.932. The third-order valence-electron chi connectivity index (χ3n) is 1.87. The van der Waals surface area contributed by atoms with Crippen LogP contribution >= 0.6 is 0 Å². The Labute approximate surface area is 89.1 Å². The van der Waals surface area contributed by atoms with Crippen molar-refractivity contribution in [2.75, 3.05) is 0 Å².